The average Bonchev–Trinajstić information content (AvgIpc) is 3.00. The minimum Gasteiger partial charge on any atom is -0.302 e. The third kappa shape index (κ3) is 2.68. The number of anilines is 1. The zero-order chi connectivity index (χ0) is 15.2. The zero-order valence-corrected chi connectivity index (χ0v) is 12.8. The summed E-state index contributed by atoms with van der Waals surface area (Å²) < 4.78 is 34.2. The molecule has 1 aliphatic heterocycles. The molecular weight excluding hydrogens is 315 g/mol. The lowest BCUT2D eigenvalue weighted by atomic mass is 10.1. The van der Waals surface area contributed by atoms with Gasteiger partial charge in [-0.1, -0.05) is 0 Å². The van der Waals surface area contributed by atoms with Gasteiger partial charge in [-0.3, -0.25) is 4.79 Å². The number of aryl methyl sites for hydroxylation is 1. The van der Waals surface area contributed by atoms with Crippen molar-refractivity contribution in [3.63, 3.8) is 0 Å². The lowest BCUT2D eigenvalue weighted by Crippen LogP contribution is -2.25. The van der Waals surface area contributed by atoms with Crippen molar-refractivity contribution in [3.8, 4) is 6.07 Å². The number of nitrogens with zero attached hydrogens (tertiary/aromatic N) is 2. The fraction of sp³-hybridized carbons (Fsp3) is 0.538. The van der Waals surface area contributed by atoms with E-state index < -0.39 is 21.9 Å². The second kappa shape index (κ2) is 5.07. The van der Waals surface area contributed by atoms with Crippen molar-refractivity contribution >= 4 is 32.5 Å². The Morgan fingerprint density at radius 3 is 2.86 bits per heavy atom. The number of carbonyl (C=O) groups excluding carboxylic acids is 1. The van der Waals surface area contributed by atoms with Gasteiger partial charge >= 0.3 is 10.2 Å². The van der Waals surface area contributed by atoms with Gasteiger partial charge in [0.25, 0.3) is 0 Å². The summed E-state index contributed by atoms with van der Waals surface area (Å²) in [6, 6.07) is 2.16. The number of hydrogen-bond donors (Lipinski definition) is 0. The van der Waals surface area contributed by atoms with Gasteiger partial charge in [-0.25, -0.2) is 0 Å². The van der Waals surface area contributed by atoms with E-state index >= 15 is 0 Å². The maximum absolute atomic E-state index is 12.8. The standard InChI is InChI=1S/C13H13FN2O3S2/c14-21(18,19)7-8-4-12(17)16(6-8)13-10(5-15)9-2-1-3-11(9)20-13/h8H,1-4,6-7H2. The van der Waals surface area contributed by atoms with Crippen LogP contribution >= 0.6 is 11.3 Å². The molecule has 5 nitrogen and oxygen atoms in total. The second-order valence-corrected chi connectivity index (χ2v) is 7.92. The molecule has 1 amide bonds. The van der Waals surface area contributed by atoms with Gasteiger partial charge in [0.15, 0.2) is 0 Å². The molecule has 1 unspecified atom stereocenters. The molecule has 1 fully saturated rings. The minimum atomic E-state index is -4.59. The molecule has 0 bridgehead atoms. The predicted molar refractivity (Wildman–Crippen MR) is 76.4 cm³/mol. The molecule has 2 aliphatic rings. The molecule has 1 atom stereocenters. The summed E-state index contributed by atoms with van der Waals surface area (Å²) in [7, 11) is -4.59. The number of carbonyl (C=O) groups is 1. The minimum absolute atomic E-state index is 0.0105. The largest absolute Gasteiger partial charge is 0.302 e. The Kier molecular flexibility index (Phi) is 3.50. The number of rotatable bonds is 3. The van der Waals surface area contributed by atoms with E-state index in [1.54, 1.807) is 0 Å². The fourth-order valence-corrected chi connectivity index (χ4v) is 5.22. The third-order valence-electron chi connectivity index (χ3n) is 3.90. The normalized spacial score (nSPS) is 21.6. The molecule has 0 saturated carbocycles. The van der Waals surface area contributed by atoms with Gasteiger partial charge in [0.05, 0.1) is 11.3 Å². The number of nitriles is 1. The van der Waals surface area contributed by atoms with Gasteiger partial charge in [-0.2, -0.15) is 13.7 Å². The monoisotopic (exact) mass is 328 g/mol. The predicted octanol–water partition coefficient (Wildman–Crippen LogP) is 1.76. The zero-order valence-electron chi connectivity index (χ0n) is 11.1. The van der Waals surface area contributed by atoms with Gasteiger partial charge in [0.1, 0.15) is 11.1 Å². The molecule has 1 aromatic rings. The topological polar surface area (TPSA) is 78.2 Å². The van der Waals surface area contributed by atoms with Gasteiger partial charge in [-0.05, 0) is 24.8 Å². The number of halogens is 1. The molecule has 0 spiro atoms. The van der Waals surface area contributed by atoms with Crippen LogP contribution in [0.25, 0.3) is 0 Å². The van der Waals surface area contributed by atoms with Crippen LogP contribution in [-0.4, -0.2) is 26.6 Å². The maximum Gasteiger partial charge on any atom is 0.302 e. The van der Waals surface area contributed by atoms with Crippen molar-refractivity contribution in [2.75, 3.05) is 17.2 Å². The average molecular weight is 328 g/mol. The van der Waals surface area contributed by atoms with Crippen LogP contribution in [-0.2, 0) is 27.9 Å². The summed E-state index contributed by atoms with van der Waals surface area (Å²) in [5.74, 6) is -1.42. The molecule has 0 aromatic carbocycles. The summed E-state index contributed by atoms with van der Waals surface area (Å²) in [5.41, 5.74) is 1.55. The SMILES string of the molecule is N#Cc1c(N2CC(CS(=O)(=O)F)CC2=O)sc2c1CCC2. The summed E-state index contributed by atoms with van der Waals surface area (Å²) in [6.07, 6.45) is 2.79. The molecule has 8 heteroatoms. The molecular formula is C13H13FN2O3S2. The smallest absolute Gasteiger partial charge is 0.302 e. The van der Waals surface area contributed by atoms with Crippen LogP contribution in [0.5, 0.6) is 0 Å². The van der Waals surface area contributed by atoms with E-state index in [1.165, 1.54) is 16.2 Å². The van der Waals surface area contributed by atoms with E-state index in [2.05, 4.69) is 6.07 Å². The van der Waals surface area contributed by atoms with E-state index in [0.29, 0.717) is 10.6 Å². The van der Waals surface area contributed by atoms with Crippen LogP contribution in [0.15, 0.2) is 0 Å². The highest BCUT2D eigenvalue weighted by Gasteiger charge is 2.37. The molecule has 1 aromatic heterocycles. The lowest BCUT2D eigenvalue weighted by molar-refractivity contribution is -0.117. The lowest BCUT2D eigenvalue weighted by Gasteiger charge is -2.15. The molecule has 3 rings (SSSR count). The Morgan fingerprint density at radius 2 is 2.19 bits per heavy atom. The summed E-state index contributed by atoms with van der Waals surface area (Å²) >= 11 is 1.43. The molecule has 21 heavy (non-hydrogen) atoms. The van der Waals surface area contributed by atoms with Gasteiger partial charge in [0, 0.05) is 23.8 Å². The Morgan fingerprint density at radius 1 is 1.43 bits per heavy atom. The molecule has 1 saturated heterocycles. The van der Waals surface area contributed by atoms with Crippen LogP contribution in [0.1, 0.15) is 28.8 Å². The first kappa shape index (κ1) is 14.5. The van der Waals surface area contributed by atoms with E-state index in [-0.39, 0.29) is 18.9 Å². The Labute approximate surface area is 126 Å². The highest BCUT2D eigenvalue weighted by molar-refractivity contribution is 7.86. The van der Waals surface area contributed by atoms with Crippen molar-refractivity contribution in [1.29, 1.82) is 5.26 Å². The van der Waals surface area contributed by atoms with Crippen LogP contribution in [0.4, 0.5) is 8.89 Å². The highest BCUT2D eigenvalue weighted by Crippen LogP contribution is 2.42. The first-order chi connectivity index (χ1) is 9.89. The van der Waals surface area contributed by atoms with Crippen molar-refractivity contribution < 1.29 is 17.1 Å². The fourth-order valence-electron chi connectivity index (χ4n) is 3.07. The molecule has 0 radical (unpaired) electrons. The number of fused-ring (bicyclic) bond motifs is 1. The van der Waals surface area contributed by atoms with Gasteiger partial charge < -0.3 is 4.90 Å². The number of hydrogen-bond acceptors (Lipinski definition) is 5. The Balaban J connectivity index is 1.89. The maximum atomic E-state index is 12.8. The van der Waals surface area contributed by atoms with Gasteiger partial charge in [-0.15, -0.1) is 15.2 Å². The molecule has 112 valence electrons. The van der Waals surface area contributed by atoms with Crippen LogP contribution < -0.4 is 4.90 Å². The Hall–Kier alpha value is -1.46. The van der Waals surface area contributed by atoms with Crippen LogP contribution in [0.3, 0.4) is 0 Å². The second-order valence-electron chi connectivity index (χ2n) is 5.43. The number of amides is 1. The summed E-state index contributed by atoms with van der Waals surface area (Å²) in [6.45, 7) is 0.163. The molecule has 1 aliphatic carbocycles. The van der Waals surface area contributed by atoms with Crippen molar-refractivity contribution in [3.05, 3.63) is 16.0 Å². The number of thiophene rings is 1. The molecule has 0 N–H and O–H groups in total. The Bertz CT molecular complexity index is 748. The summed E-state index contributed by atoms with van der Waals surface area (Å²) in [4.78, 5) is 14.7. The van der Waals surface area contributed by atoms with E-state index in [9.17, 15) is 22.4 Å². The van der Waals surface area contributed by atoms with Crippen molar-refractivity contribution in [1.82, 2.24) is 0 Å². The molecule has 2 heterocycles. The van der Waals surface area contributed by atoms with Crippen molar-refractivity contribution in [2.45, 2.75) is 25.7 Å². The van der Waals surface area contributed by atoms with Crippen LogP contribution in [0.2, 0.25) is 0 Å². The van der Waals surface area contributed by atoms with Crippen LogP contribution in [0, 0.1) is 17.2 Å². The highest BCUT2D eigenvalue weighted by atomic mass is 32.3. The first-order valence-electron chi connectivity index (χ1n) is 6.66. The summed E-state index contributed by atoms with van der Waals surface area (Å²) in [5, 5.41) is 9.94. The van der Waals surface area contributed by atoms with Gasteiger partial charge in [0.2, 0.25) is 5.91 Å². The van der Waals surface area contributed by atoms with E-state index in [0.717, 1.165) is 29.7 Å². The van der Waals surface area contributed by atoms with E-state index in [4.69, 9.17) is 0 Å². The van der Waals surface area contributed by atoms with Crippen molar-refractivity contribution in [2.24, 2.45) is 5.92 Å². The third-order valence-corrected chi connectivity index (χ3v) is 6.08. The quantitative estimate of drug-likeness (QED) is 0.792. The van der Waals surface area contributed by atoms with E-state index in [1.807, 2.05) is 0 Å². The first-order valence-corrected chi connectivity index (χ1v) is 9.03.